The van der Waals surface area contributed by atoms with E-state index in [0.717, 1.165) is 11.1 Å². The summed E-state index contributed by atoms with van der Waals surface area (Å²) in [6, 6.07) is 13.5. The molecule has 0 unspecified atom stereocenters. The summed E-state index contributed by atoms with van der Waals surface area (Å²) in [5, 5.41) is 11.7. The number of hydrogen-bond acceptors (Lipinski definition) is 5. The van der Waals surface area contributed by atoms with Crippen molar-refractivity contribution in [2.24, 2.45) is 4.99 Å². The molecule has 164 valence electrons. The first kappa shape index (κ1) is 22.5. The van der Waals surface area contributed by atoms with Crippen LogP contribution in [0.3, 0.4) is 0 Å². The fraction of sp³-hybridized carbons (Fsp3) is 0.333. The van der Waals surface area contributed by atoms with E-state index in [9.17, 15) is 9.18 Å². The van der Waals surface area contributed by atoms with Gasteiger partial charge in [0.15, 0.2) is 5.54 Å². The predicted molar refractivity (Wildman–Crippen MR) is 117 cm³/mol. The van der Waals surface area contributed by atoms with E-state index < -0.39 is 5.54 Å². The van der Waals surface area contributed by atoms with Gasteiger partial charge in [0.2, 0.25) is 5.90 Å². The van der Waals surface area contributed by atoms with Gasteiger partial charge in [-0.15, -0.1) is 6.58 Å². The number of ether oxygens (including phenoxy) is 2. The minimum atomic E-state index is -1.07. The molecule has 0 fully saturated rings. The van der Waals surface area contributed by atoms with Crippen LogP contribution in [0.15, 0.2) is 66.2 Å². The van der Waals surface area contributed by atoms with Gasteiger partial charge >= 0.3 is 0 Å². The second kappa shape index (κ2) is 10.7. The van der Waals surface area contributed by atoms with Crippen LogP contribution in [0, 0.1) is 5.82 Å². The van der Waals surface area contributed by atoms with E-state index in [-0.39, 0.29) is 24.9 Å². The number of carbonyl (C=O) groups is 1. The molecule has 0 radical (unpaired) electrons. The van der Waals surface area contributed by atoms with Crippen LogP contribution in [0.1, 0.15) is 24.0 Å². The lowest BCUT2D eigenvalue weighted by Gasteiger charge is -2.21. The molecule has 1 aliphatic rings. The number of halogens is 1. The van der Waals surface area contributed by atoms with Gasteiger partial charge in [0, 0.05) is 31.6 Å². The lowest BCUT2D eigenvalue weighted by Crippen LogP contribution is -2.47. The normalized spacial score (nSPS) is 17.5. The van der Waals surface area contributed by atoms with Gasteiger partial charge in [0.1, 0.15) is 18.2 Å². The molecular weight excluding hydrogens is 399 g/mol. The van der Waals surface area contributed by atoms with Crippen LogP contribution in [-0.2, 0) is 16.0 Å². The third-order valence-corrected chi connectivity index (χ3v) is 4.93. The largest absolute Gasteiger partial charge is 0.494 e. The zero-order valence-corrected chi connectivity index (χ0v) is 17.4. The highest BCUT2D eigenvalue weighted by atomic mass is 19.1. The highest BCUT2D eigenvalue weighted by molar-refractivity contribution is 6.00. The fourth-order valence-electron chi connectivity index (χ4n) is 3.27. The molecule has 1 amide bonds. The summed E-state index contributed by atoms with van der Waals surface area (Å²) in [6.45, 7) is 4.76. The van der Waals surface area contributed by atoms with Crippen LogP contribution in [0.5, 0.6) is 5.75 Å². The molecule has 1 heterocycles. The van der Waals surface area contributed by atoms with E-state index in [4.69, 9.17) is 14.6 Å². The second-order valence-electron chi connectivity index (χ2n) is 7.32. The van der Waals surface area contributed by atoms with Crippen molar-refractivity contribution in [2.75, 3.05) is 26.4 Å². The summed E-state index contributed by atoms with van der Waals surface area (Å²) in [5.74, 6) is 0.533. The molecule has 0 bridgehead atoms. The molecule has 2 aromatic rings. The molecule has 0 saturated heterocycles. The molecule has 6 nitrogen and oxygen atoms in total. The number of benzene rings is 2. The molecule has 0 saturated carbocycles. The van der Waals surface area contributed by atoms with Crippen LogP contribution in [0.2, 0.25) is 0 Å². The maximum absolute atomic E-state index is 13.3. The summed E-state index contributed by atoms with van der Waals surface area (Å²) >= 11 is 0. The number of aliphatic imine (C=N–C) groups is 1. The van der Waals surface area contributed by atoms with Gasteiger partial charge in [-0.2, -0.15) is 0 Å². The maximum atomic E-state index is 13.3. The fourth-order valence-corrected chi connectivity index (χ4v) is 3.27. The number of aliphatic hydroxyl groups excluding tert-OH is 1. The number of rotatable bonds is 11. The molecule has 1 atom stereocenters. The van der Waals surface area contributed by atoms with E-state index in [1.54, 1.807) is 24.3 Å². The van der Waals surface area contributed by atoms with Gasteiger partial charge in [0.05, 0.1) is 6.61 Å². The summed E-state index contributed by atoms with van der Waals surface area (Å²) < 4.78 is 24.6. The highest BCUT2D eigenvalue weighted by Crippen LogP contribution is 2.27. The Kier molecular flexibility index (Phi) is 7.78. The minimum absolute atomic E-state index is 0.0818. The molecule has 7 heteroatoms. The van der Waals surface area contributed by atoms with Gasteiger partial charge in [0.25, 0.3) is 5.91 Å². The zero-order chi connectivity index (χ0) is 22.1. The Morgan fingerprint density at radius 3 is 2.84 bits per heavy atom. The Labute approximate surface area is 181 Å². The Balaban J connectivity index is 1.64. The Hall–Kier alpha value is -3.19. The Morgan fingerprint density at radius 1 is 1.32 bits per heavy atom. The van der Waals surface area contributed by atoms with Gasteiger partial charge in [-0.3, -0.25) is 4.79 Å². The first-order valence-corrected chi connectivity index (χ1v) is 10.3. The van der Waals surface area contributed by atoms with Crippen molar-refractivity contribution in [3.8, 4) is 5.75 Å². The molecule has 0 aromatic heterocycles. The quantitative estimate of drug-likeness (QED) is 0.428. The Morgan fingerprint density at radius 2 is 2.13 bits per heavy atom. The van der Waals surface area contributed by atoms with Crippen molar-refractivity contribution in [3.63, 3.8) is 0 Å². The number of aliphatic hydroxyl groups is 1. The summed E-state index contributed by atoms with van der Waals surface area (Å²) in [7, 11) is 0. The molecular formula is C24H27FN2O4. The van der Waals surface area contributed by atoms with Crippen molar-refractivity contribution in [1.29, 1.82) is 0 Å². The number of nitrogens with one attached hydrogen (secondary N) is 1. The Bertz CT molecular complexity index is 929. The van der Waals surface area contributed by atoms with Crippen LogP contribution in [0.4, 0.5) is 4.39 Å². The van der Waals surface area contributed by atoms with Gasteiger partial charge in [-0.1, -0.05) is 18.2 Å². The van der Waals surface area contributed by atoms with Crippen molar-refractivity contribution >= 4 is 11.8 Å². The summed E-state index contributed by atoms with van der Waals surface area (Å²) in [6.07, 6.45) is 3.07. The van der Waals surface area contributed by atoms with E-state index in [0.29, 0.717) is 44.1 Å². The molecule has 1 aliphatic heterocycles. The number of carbonyl (C=O) groups excluding carboxylic acids is 1. The number of nitrogens with zero attached hydrogens (tertiary/aromatic N) is 1. The molecule has 2 N–H and O–H groups in total. The second-order valence-corrected chi connectivity index (χ2v) is 7.32. The molecule has 31 heavy (non-hydrogen) atoms. The molecule has 0 spiro atoms. The average molecular weight is 426 g/mol. The van der Waals surface area contributed by atoms with Gasteiger partial charge < -0.3 is 19.9 Å². The smallest absolute Gasteiger partial charge is 0.251 e. The minimum Gasteiger partial charge on any atom is -0.494 e. The van der Waals surface area contributed by atoms with Crippen molar-refractivity contribution < 1.29 is 23.8 Å². The maximum Gasteiger partial charge on any atom is 0.251 e. The van der Waals surface area contributed by atoms with Gasteiger partial charge in [-0.05, 0) is 48.4 Å². The lowest BCUT2D eigenvalue weighted by atomic mass is 9.96. The van der Waals surface area contributed by atoms with Crippen LogP contribution >= 0.6 is 0 Å². The first-order valence-electron chi connectivity index (χ1n) is 10.3. The van der Waals surface area contributed by atoms with Crippen LogP contribution in [-0.4, -0.2) is 48.8 Å². The van der Waals surface area contributed by atoms with Crippen molar-refractivity contribution in [1.82, 2.24) is 5.32 Å². The van der Waals surface area contributed by atoms with Crippen LogP contribution < -0.4 is 10.1 Å². The van der Waals surface area contributed by atoms with Crippen LogP contribution in [0.25, 0.3) is 0 Å². The zero-order valence-electron chi connectivity index (χ0n) is 17.4. The van der Waals surface area contributed by atoms with E-state index in [1.165, 1.54) is 12.1 Å². The third kappa shape index (κ3) is 5.92. The van der Waals surface area contributed by atoms with E-state index in [2.05, 4.69) is 16.9 Å². The summed E-state index contributed by atoms with van der Waals surface area (Å²) in [5.41, 5.74) is 0.481. The monoisotopic (exact) mass is 426 g/mol. The van der Waals surface area contributed by atoms with Crippen molar-refractivity contribution in [3.05, 3.63) is 78.1 Å². The highest BCUT2D eigenvalue weighted by Gasteiger charge is 2.43. The predicted octanol–water partition coefficient (Wildman–Crippen LogP) is 3.04. The molecule has 0 aliphatic carbocycles. The number of amides is 1. The van der Waals surface area contributed by atoms with E-state index in [1.807, 2.05) is 18.2 Å². The number of hydrogen-bond donors (Lipinski definition) is 2. The molecule has 2 aromatic carbocycles. The molecule has 3 rings (SSSR count). The lowest BCUT2D eigenvalue weighted by molar-refractivity contribution is -0.126. The first-order chi connectivity index (χ1) is 15.1. The van der Waals surface area contributed by atoms with Gasteiger partial charge in [-0.25, -0.2) is 9.38 Å². The third-order valence-electron chi connectivity index (χ3n) is 4.93. The van der Waals surface area contributed by atoms with Crippen molar-refractivity contribution in [2.45, 2.75) is 24.8 Å². The summed E-state index contributed by atoms with van der Waals surface area (Å²) in [4.78, 5) is 17.5. The van der Waals surface area contributed by atoms with E-state index >= 15 is 0 Å². The average Bonchev–Trinajstić information content (AvgIpc) is 3.20. The standard InChI is InChI=1S/C24H27FN2O4/c1-2-12-24(23(29)26-13-11-18-5-3-6-20(25)16-18)17-31-22(27-24)19-7-9-21(10-8-19)30-15-4-14-28/h2-3,5-10,16,28H,1,4,11-15,17H2,(H,26,29)/t24-/m1/s1. The topological polar surface area (TPSA) is 80.2 Å². The SMILES string of the molecule is C=CC[C@]1(C(=O)NCCc2cccc(F)c2)COC(c2ccc(OCCCO)cc2)=N1.